The van der Waals surface area contributed by atoms with E-state index in [2.05, 4.69) is 58.5 Å². The number of amides is 1. The fraction of sp³-hybridized carbons (Fsp3) is 0.682. The van der Waals surface area contributed by atoms with Crippen LogP contribution in [0.2, 0.25) is 0 Å². The minimum Gasteiger partial charge on any atom is -0.354 e. The first-order valence-corrected chi connectivity index (χ1v) is 10.8. The van der Waals surface area contributed by atoms with E-state index in [0.29, 0.717) is 4.32 Å². The van der Waals surface area contributed by atoms with E-state index in [9.17, 15) is 4.79 Å². The van der Waals surface area contributed by atoms with Crippen molar-refractivity contribution in [1.82, 2.24) is 5.32 Å². The van der Waals surface area contributed by atoms with Crippen LogP contribution in [-0.4, -0.2) is 16.3 Å². The molecule has 4 saturated carbocycles. The molecule has 4 aliphatic rings. The summed E-state index contributed by atoms with van der Waals surface area (Å²) >= 11 is 4.05. The van der Waals surface area contributed by atoms with E-state index in [1.165, 1.54) is 44.1 Å². The van der Waals surface area contributed by atoms with Crippen LogP contribution in [0.1, 0.15) is 63.9 Å². The Balaban J connectivity index is 1.30. The first-order valence-electron chi connectivity index (χ1n) is 9.96. The number of aryl methyl sites for hydroxylation is 1. The van der Waals surface area contributed by atoms with Gasteiger partial charge in [0.25, 0.3) is 0 Å². The zero-order chi connectivity index (χ0) is 17.5. The van der Waals surface area contributed by atoms with Crippen LogP contribution in [0.5, 0.6) is 0 Å². The highest BCUT2D eigenvalue weighted by molar-refractivity contribution is 9.10. The number of rotatable bonds is 6. The maximum absolute atomic E-state index is 12.7. The lowest BCUT2D eigenvalue weighted by Crippen LogP contribution is -2.54. The van der Waals surface area contributed by atoms with Gasteiger partial charge >= 0.3 is 0 Å². The predicted octanol–water partition coefficient (Wildman–Crippen LogP) is 5.25. The summed E-state index contributed by atoms with van der Waals surface area (Å²) in [6.45, 7) is 2.15. The summed E-state index contributed by atoms with van der Waals surface area (Å²) in [6, 6.07) is 10.8. The summed E-state index contributed by atoms with van der Waals surface area (Å²) in [6.07, 6.45) is 10.6. The normalized spacial score (nSPS) is 37.0. The van der Waals surface area contributed by atoms with Gasteiger partial charge in [-0.1, -0.05) is 46.3 Å². The number of nitrogens with one attached hydrogen (secondary N) is 1. The van der Waals surface area contributed by atoms with Crippen LogP contribution in [0.25, 0.3) is 0 Å². The van der Waals surface area contributed by atoms with Crippen LogP contribution in [0.15, 0.2) is 30.3 Å². The van der Waals surface area contributed by atoms with Crippen LogP contribution < -0.4 is 5.32 Å². The van der Waals surface area contributed by atoms with Crippen LogP contribution in [0, 0.1) is 17.3 Å². The van der Waals surface area contributed by atoms with Crippen molar-refractivity contribution < 1.29 is 4.79 Å². The SMILES string of the molecule is C[C@H](CCc1ccccc1)NC(=O)CC12C[C@@H]3C[C@@H](CC(Br)(C3)C1)C2. The van der Waals surface area contributed by atoms with E-state index in [1.807, 2.05) is 0 Å². The molecule has 2 unspecified atom stereocenters. The smallest absolute Gasteiger partial charge is 0.220 e. The molecular weight excluding hydrogens is 374 g/mol. The Bertz CT molecular complexity index is 614. The first-order chi connectivity index (χ1) is 11.9. The molecule has 1 amide bonds. The van der Waals surface area contributed by atoms with Crippen molar-refractivity contribution in [3.8, 4) is 0 Å². The monoisotopic (exact) mass is 403 g/mol. The molecule has 4 fully saturated rings. The van der Waals surface area contributed by atoms with Crippen molar-refractivity contribution in [3.63, 3.8) is 0 Å². The molecule has 5 rings (SSSR count). The predicted molar refractivity (Wildman–Crippen MR) is 106 cm³/mol. The second kappa shape index (κ2) is 6.72. The molecule has 3 heteroatoms. The maximum Gasteiger partial charge on any atom is 0.220 e. The molecule has 0 aromatic heterocycles. The third-order valence-corrected chi connectivity index (χ3v) is 7.69. The minimum absolute atomic E-state index is 0.250. The molecule has 1 aromatic carbocycles. The van der Waals surface area contributed by atoms with Crippen molar-refractivity contribution in [2.45, 2.75) is 75.1 Å². The highest BCUT2D eigenvalue weighted by Gasteiger charge is 2.57. The summed E-state index contributed by atoms with van der Waals surface area (Å²) in [7, 11) is 0. The van der Waals surface area contributed by atoms with Gasteiger partial charge in [-0.3, -0.25) is 4.79 Å². The Morgan fingerprint density at radius 3 is 2.52 bits per heavy atom. The Kier molecular flexibility index (Phi) is 4.72. The molecule has 0 heterocycles. The molecule has 25 heavy (non-hydrogen) atoms. The quantitative estimate of drug-likeness (QED) is 0.645. The van der Waals surface area contributed by atoms with Gasteiger partial charge in [0.2, 0.25) is 5.91 Å². The molecule has 0 saturated heterocycles. The van der Waals surface area contributed by atoms with E-state index >= 15 is 0 Å². The molecule has 0 aliphatic heterocycles. The lowest BCUT2D eigenvalue weighted by Gasteiger charge is -2.60. The highest BCUT2D eigenvalue weighted by Crippen LogP contribution is 2.65. The van der Waals surface area contributed by atoms with Gasteiger partial charge in [0, 0.05) is 16.8 Å². The van der Waals surface area contributed by atoms with E-state index in [0.717, 1.165) is 31.1 Å². The molecule has 0 radical (unpaired) electrons. The second-order valence-corrected chi connectivity index (χ2v) is 11.0. The molecule has 1 aromatic rings. The van der Waals surface area contributed by atoms with Crippen molar-refractivity contribution in [2.75, 3.05) is 0 Å². The zero-order valence-electron chi connectivity index (χ0n) is 15.3. The molecule has 4 bridgehead atoms. The summed E-state index contributed by atoms with van der Waals surface area (Å²) in [5.74, 6) is 1.98. The summed E-state index contributed by atoms with van der Waals surface area (Å²) in [5.41, 5.74) is 1.63. The van der Waals surface area contributed by atoms with Gasteiger partial charge in [-0.05, 0) is 81.1 Å². The Morgan fingerprint density at radius 1 is 1.20 bits per heavy atom. The lowest BCUT2D eigenvalue weighted by molar-refractivity contribution is -0.128. The number of alkyl halides is 1. The fourth-order valence-corrected chi connectivity index (χ4v) is 7.82. The van der Waals surface area contributed by atoms with Crippen LogP contribution in [-0.2, 0) is 11.2 Å². The highest BCUT2D eigenvalue weighted by atomic mass is 79.9. The van der Waals surface area contributed by atoms with Gasteiger partial charge in [-0.2, -0.15) is 0 Å². The number of hydrogen-bond donors (Lipinski definition) is 1. The van der Waals surface area contributed by atoms with Gasteiger partial charge in [-0.25, -0.2) is 0 Å². The molecule has 4 aliphatic carbocycles. The lowest BCUT2D eigenvalue weighted by atomic mass is 9.48. The van der Waals surface area contributed by atoms with Gasteiger partial charge in [0.15, 0.2) is 0 Å². The van der Waals surface area contributed by atoms with Crippen molar-refractivity contribution in [2.24, 2.45) is 17.3 Å². The summed E-state index contributed by atoms with van der Waals surface area (Å²) in [4.78, 5) is 12.7. The van der Waals surface area contributed by atoms with Gasteiger partial charge in [-0.15, -0.1) is 0 Å². The summed E-state index contributed by atoms with van der Waals surface area (Å²) < 4.78 is 0.344. The fourth-order valence-electron chi connectivity index (χ4n) is 6.31. The molecular formula is C22H30BrNO. The third kappa shape index (κ3) is 3.97. The largest absolute Gasteiger partial charge is 0.354 e. The zero-order valence-corrected chi connectivity index (χ0v) is 16.9. The number of hydrogen-bond acceptors (Lipinski definition) is 1. The molecule has 0 spiro atoms. The second-order valence-electron chi connectivity index (χ2n) is 9.28. The van der Waals surface area contributed by atoms with Crippen molar-refractivity contribution >= 4 is 21.8 Å². The topological polar surface area (TPSA) is 29.1 Å². The molecule has 2 nitrogen and oxygen atoms in total. The molecule has 5 atom stereocenters. The van der Waals surface area contributed by atoms with Crippen LogP contribution in [0.4, 0.5) is 0 Å². The maximum atomic E-state index is 12.7. The van der Waals surface area contributed by atoms with E-state index < -0.39 is 0 Å². The van der Waals surface area contributed by atoms with Gasteiger partial charge in [0.1, 0.15) is 0 Å². The number of benzene rings is 1. The first kappa shape index (κ1) is 17.6. The van der Waals surface area contributed by atoms with Crippen LogP contribution in [0.3, 0.4) is 0 Å². The van der Waals surface area contributed by atoms with E-state index in [-0.39, 0.29) is 17.4 Å². The molecule has 136 valence electrons. The number of carbonyl (C=O) groups excluding carboxylic acids is 1. The van der Waals surface area contributed by atoms with Gasteiger partial charge in [0.05, 0.1) is 0 Å². The average Bonchev–Trinajstić information content (AvgIpc) is 2.50. The minimum atomic E-state index is 0.250. The third-order valence-electron chi connectivity index (χ3n) is 6.76. The Hall–Kier alpha value is -0.830. The van der Waals surface area contributed by atoms with E-state index in [1.54, 1.807) is 0 Å². The van der Waals surface area contributed by atoms with Gasteiger partial charge < -0.3 is 5.32 Å². The number of carbonyl (C=O) groups is 1. The van der Waals surface area contributed by atoms with E-state index in [4.69, 9.17) is 0 Å². The Morgan fingerprint density at radius 2 is 1.88 bits per heavy atom. The number of halogens is 1. The summed E-state index contributed by atoms with van der Waals surface area (Å²) in [5, 5.41) is 3.28. The molecule has 1 N–H and O–H groups in total. The van der Waals surface area contributed by atoms with Crippen LogP contribution >= 0.6 is 15.9 Å². The average molecular weight is 404 g/mol. The van der Waals surface area contributed by atoms with Crippen molar-refractivity contribution in [1.29, 1.82) is 0 Å². The standard InChI is InChI=1S/C22H30BrNO/c1-16(7-8-17-5-3-2-4-6-17)24-20(25)14-21-10-18-9-19(11-21)13-22(23,12-18)15-21/h2-6,16,18-19H,7-15H2,1H3,(H,24,25)/t16-,18-,19+,21?,22?/m1/s1. The van der Waals surface area contributed by atoms with Crippen molar-refractivity contribution in [3.05, 3.63) is 35.9 Å². The Labute approximate surface area is 160 Å².